The van der Waals surface area contributed by atoms with Crippen molar-refractivity contribution in [2.45, 2.75) is 13.0 Å². The van der Waals surface area contributed by atoms with Crippen LogP contribution in [-0.4, -0.2) is 47.5 Å². The van der Waals surface area contributed by atoms with E-state index in [9.17, 15) is 9.59 Å². The van der Waals surface area contributed by atoms with Gasteiger partial charge in [-0.2, -0.15) is 0 Å². The highest BCUT2D eigenvalue weighted by Gasteiger charge is 2.32. The number of carbonyl (C=O) groups is 2. The largest absolute Gasteiger partial charge is 0.479 e. The van der Waals surface area contributed by atoms with Gasteiger partial charge in [0.05, 0.1) is 5.69 Å². The number of amides is 2. The number of hydrogen-bond donors (Lipinski definition) is 2. The van der Waals surface area contributed by atoms with Gasteiger partial charge in [0, 0.05) is 25.5 Å². The van der Waals surface area contributed by atoms with Gasteiger partial charge in [0.1, 0.15) is 12.3 Å². The molecular weight excluding hydrogens is 322 g/mol. The minimum atomic E-state index is -0.611. The van der Waals surface area contributed by atoms with Gasteiger partial charge in [-0.25, -0.2) is 9.97 Å². The van der Waals surface area contributed by atoms with E-state index in [-0.39, 0.29) is 18.4 Å². The lowest BCUT2D eigenvalue weighted by Crippen LogP contribution is -2.49. The molecule has 1 aliphatic rings. The molecule has 0 aliphatic carbocycles. The van der Waals surface area contributed by atoms with Gasteiger partial charge < -0.3 is 15.4 Å². The Morgan fingerprint density at radius 3 is 2.76 bits per heavy atom. The van der Waals surface area contributed by atoms with Crippen LogP contribution in [-0.2, 0) is 9.59 Å². The monoisotopic (exact) mass is 341 g/mol. The summed E-state index contributed by atoms with van der Waals surface area (Å²) in [6.45, 7) is 2.50. The number of hydrogen-bond acceptors (Lipinski definition) is 6. The fourth-order valence-corrected chi connectivity index (χ4v) is 2.49. The van der Waals surface area contributed by atoms with Crippen molar-refractivity contribution in [2.75, 3.05) is 29.9 Å². The zero-order valence-corrected chi connectivity index (χ0v) is 13.8. The summed E-state index contributed by atoms with van der Waals surface area (Å²) in [6, 6.07) is 8.91. The van der Waals surface area contributed by atoms with Crippen LogP contribution in [0.2, 0.25) is 0 Å². The van der Waals surface area contributed by atoms with E-state index < -0.39 is 6.10 Å². The predicted octanol–water partition coefficient (Wildman–Crippen LogP) is 0.819. The number of nitrogens with zero attached hydrogens (tertiary/aromatic N) is 3. The number of anilines is 2. The second kappa shape index (κ2) is 7.61. The molecule has 8 heteroatoms. The van der Waals surface area contributed by atoms with Gasteiger partial charge in [-0.05, 0) is 25.1 Å². The molecule has 1 aromatic carbocycles. The second-order valence-corrected chi connectivity index (χ2v) is 5.50. The number of carbonyl (C=O) groups excluding carboxylic acids is 2. The minimum absolute atomic E-state index is 0.0502. The first-order chi connectivity index (χ1) is 12.1. The Labute approximate surface area is 145 Å². The second-order valence-electron chi connectivity index (χ2n) is 5.50. The molecule has 0 spiro atoms. The van der Waals surface area contributed by atoms with Crippen LogP contribution in [0.4, 0.5) is 11.6 Å². The first-order valence-corrected chi connectivity index (χ1v) is 8.00. The van der Waals surface area contributed by atoms with Crippen molar-refractivity contribution in [1.82, 2.24) is 15.3 Å². The van der Waals surface area contributed by atoms with Gasteiger partial charge in [-0.3, -0.25) is 14.5 Å². The van der Waals surface area contributed by atoms with Crippen molar-refractivity contribution < 1.29 is 14.3 Å². The van der Waals surface area contributed by atoms with Crippen LogP contribution < -0.4 is 20.3 Å². The summed E-state index contributed by atoms with van der Waals surface area (Å²) >= 11 is 0. The van der Waals surface area contributed by atoms with Crippen LogP contribution in [0.1, 0.15) is 6.92 Å². The van der Waals surface area contributed by atoms with Crippen LogP contribution in [0.5, 0.6) is 5.75 Å². The molecule has 0 saturated carbocycles. The molecule has 0 saturated heterocycles. The van der Waals surface area contributed by atoms with E-state index in [2.05, 4.69) is 20.6 Å². The Morgan fingerprint density at radius 1 is 1.20 bits per heavy atom. The summed E-state index contributed by atoms with van der Waals surface area (Å²) in [7, 11) is 0. The highest BCUT2D eigenvalue weighted by Crippen LogP contribution is 2.33. The van der Waals surface area contributed by atoms with Gasteiger partial charge in [0.15, 0.2) is 6.10 Å². The van der Waals surface area contributed by atoms with Gasteiger partial charge >= 0.3 is 0 Å². The maximum Gasteiger partial charge on any atom is 0.268 e. The third kappa shape index (κ3) is 4.03. The topological polar surface area (TPSA) is 96.5 Å². The van der Waals surface area contributed by atoms with Crippen molar-refractivity contribution in [1.29, 1.82) is 0 Å². The highest BCUT2D eigenvalue weighted by atomic mass is 16.5. The summed E-state index contributed by atoms with van der Waals surface area (Å²) in [4.78, 5) is 34.0. The van der Waals surface area contributed by atoms with E-state index in [0.29, 0.717) is 30.5 Å². The number of rotatable bonds is 6. The average Bonchev–Trinajstić information content (AvgIpc) is 2.63. The molecule has 2 heterocycles. The lowest BCUT2D eigenvalue weighted by atomic mass is 10.2. The molecule has 0 unspecified atom stereocenters. The quantitative estimate of drug-likeness (QED) is 0.755. The van der Waals surface area contributed by atoms with Crippen LogP contribution in [0.15, 0.2) is 42.7 Å². The molecule has 8 nitrogen and oxygen atoms in total. The third-order valence-electron chi connectivity index (χ3n) is 3.67. The van der Waals surface area contributed by atoms with Crippen LogP contribution in [0, 0.1) is 0 Å². The van der Waals surface area contributed by atoms with E-state index in [0.717, 1.165) is 0 Å². The fraction of sp³-hybridized carbons (Fsp3) is 0.294. The maximum atomic E-state index is 12.3. The molecule has 130 valence electrons. The zero-order chi connectivity index (χ0) is 17.6. The van der Waals surface area contributed by atoms with E-state index in [1.54, 1.807) is 43.6 Å². The number of ether oxygens (including phenoxy) is 1. The highest BCUT2D eigenvalue weighted by molar-refractivity contribution is 6.03. The van der Waals surface area contributed by atoms with E-state index in [1.165, 1.54) is 4.90 Å². The fourth-order valence-electron chi connectivity index (χ4n) is 2.49. The number of benzene rings is 1. The van der Waals surface area contributed by atoms with Crippen LogP contribution in [0.25, 0.3) is 0 Å². The van der Waals surface area contributed by atoms with E-state index >= 15 is 0 Å². The van der Waals surface area contributed by atoms with E-state index in [4.69, 9.17) is 4.74 Å². The number of nitrogens with one attached hydrogen (secondary N) is 2. The minimum Gasteiger partial charge on any atom is -0.479 e. The molecule has 1 aliphatic heterocycles. The number of para-hydroxylation sites is 2. The SMILES string of the molecule is C[C@@H]1Oc2ccccc2N(CC(=O)NCCNc2ncccn2)C1=O. The van der Waals surface area contributed by atoms with Gasteiger partial charge in [-0.1, -0.05) is 12.1 Å². The maximum absolute atomic E-state index is 12.3. The molecular formula is C17H19N5O3. The summed E-state index contributed by atoms with van der Waals surface area (Å²) in [5.74, 6) is 0.630. The molecule has 1 aromatic heterocycles. The number of aromatic nitrogens is 2. The molecule has 0 bridgehead atoms. The molecule has 3 rings (SSSR count). The lowest BCUT2D eigenvalue weighted by molar-refractivity contribution is -0.128. The molecule has 2 N–H and O–H groups in total. The van der Waals surface area contributed by atoms with Gasteiger partial charge in [0.2, 0.25) is 11.9 Å². The first-order valence-electron chi connectivity index (χ1n) is 8.00. The zero-order valence-electron chi connectivity index (χ0n) is 13.8. The Kier molecular flexibility index (Phi) is 5.08. The van der Waals surface area contributed by atoms with Crippen molar-refractivity contribution >= 4 is 23.5 Å². The Hall–Kier alpha value is -3.16. The van der Waals surface area contributed by atoms with E-state index in [1.807, 2.05) is 6.07 Å². The lowest BCUT2D eigenvalue weighted by Gasteiger charge is -2.32. The number of fused-ring (bicyclic) bond motifs is 1. The Balaban J connectivity index is 1.53. The summed E-state index contributed by atoms with van der Waals surface area (Å²) in [5.41, 5.74) is 0.608. The molecule has 0 fully saturated rings. The van der Waals surface area contributed by atoms with Crippen LogP contribution >= 0.6 is 0 Å². The summed E-state index contributed by atoms with van der Waals surface area (Å²) in [5, 5.41) is 5.77. The Morgan fingerprint density at radius 2 is 1.96 bits per heavy atom. The molecule has 2 amide bonds. The molecule has 0 radical (unpaired) electrons. The molecule has 1 atom stereocenters. The van der Waals surface area contributed by atoms with Crippen LogP contribution in [0.3, 0.4) is 0 Å². The van der Waals surface area contributed by atoms with Crippen molar-refractivity contribution in [2.24, 2.45) is 0 Å². The average molecular weight is 341 g/mol. The molecule has 25 heavy (non-hydrogen) atoms. The summed E-state index contributed by atoms with van der Waals surface area (Å²) < 4.78 is 5.56. The third-order valence-corrected chi connectivity index (χ3v) is 3.67. The van der Waals surface area contributed by atoms with Crippen molar-refractivity contribution in [3.8, 4) is 5.75 Å². The summed E-state index contributed by atoms with van der Waals surface area (Å²) in [6.07, 6.45) is 2.66. The normalized spacial score (nSPS) is 16.0. The predicted molar refractivity (Wildman–Crippen MR) is 92.4 cm³/mol. The van der Waals surface area contributed by atoms with Gasteiger partial charge in [-0.15, -0.1) is 0 Å². The molecule has 2 aromatic rings. The Bertz CT molecular complexity index is 753. The van der Waals surface area contributed by atoms with Gasteiger partial charge in [0.25, 0.3) is 5.91 Å². The van der Waals surface area contributed by atoms with Crippen molar-refractivity contribution in [3.05, 3.63) is 42.7 Å². The smallest absolute Gasteiger partial charge is 0.268 e. The standard InChI is InChI=1S/C17H19N5O3/c1-12-16(24)22(13-5-2-3-6-14(13)25-12)11-15(23)18-9-10-21-17-19-7-4-8-20-17/h2-8,12H,9-11H2,1H3,(H,18,23)(H,19,20,21)/t12-/m0/s1. The first kappa shape index (κ1) is 16.7. The van der Waals surface area contributed by atoms with Crippen molar-refractivity contribution in [3.63, 3.8) is 0 Å².